The van der Waals surface area contributed by atoms with Crippen LogP contribution >= 0.6 is 24.4 Å². The van der Waals surface area contributed by atoms with Gasteiger partial charge in [-0.2, -0.15) is 3.89 Å². The van der Waals surface area contributed by atoms with Crippen LogP contribution in [0.4, 0.5) is 3.89 Å². The van der Waals surface area contributed by atoms with Crippen molar-refractivity contribution < 1.29 is 8.99 Å². The third-order valence-electron chi connectivity index (χ3n) is 0.0630. The van der Waals surface area contributed by atoms with Gasteiger partial charge in [0.2, 0.25) is 0 Å². The van der Waals surface area contributed by atoms with Crippen LogP contribution in [-0.2, 0) is 0 Å². The van der Waals surface area contributed by atoms with Crippen molar-refractivity contribution >= 4 is 28.7 Å². The zero-order chi connectivity index (χ0) is 4.99. The van der Waals surface area contributed by atoms with E-state index in [1.807, 2.05) is 0 Å². The number of rotatable bonds is 0. The molecule has 0 aromatic carbocycles. The van der Waals surface area contributed by atoms with E-state index in [0.29, 0.717) is 0 Å². The standard InChI is InChI=1S/CHFOS2/c2-5-1(3)4/h(H,3,4)/i/hD. The molecule has 0 atom stereocenters. The fraction of sp³-hybridized carbons (Fsp3) is 0. The smallest absolute Gasteiger partial charge is 0.295 e. The highest BCUT2D eigenvalue weighted by molar-refractivity contribution is 8.19. The van der Waals surface area contributed by atoms with Gasteiger partial charge in [-0.15, -0.1) is 0 Å². The highest BCUT2D eigenvalue weighted by atomic mass is 32.2. The molecule has 0 aliphatic heterocycles. The number of thiocarbonyl (C=S) groups is 1. The predicted octanol–water partition coefficient (Wildman–Crippen LogP) is 1.45. The minimum atomic E-state index is -0.407. The number of halogens is 1. The van der Waals surface area contributed by atoms with E-state index in [0.717, 1.165) is 0 Å². The molecule has 1 nitrogen and oxygen atoms in total. The van der Waals surface area contributed by atoms with E-state index < -0.39 is 4.38 Å². The van der Waals surface area contributed by atoms with Crippen LogP contribution in [0.25, 0.3) is 1.43 Å². The first-order chi connectivity index (χ1) is 2.81. The van der Waals surface area contributed by atoms with Crippen LogP contribution in [0.2, 0.25) is 0 Å². The van der Waals surface area contributed by atoms with Crippen LogP contribution in [-0.4, -0.2) is 9.49 Å². The molecule has 0 radical (unpaired) electrons. The highest BCUT2D eigenvalue weighted by Gasteiger charge is 1.81. The monoisotopic (exact) mass is 113 g/mol. The lowest BCUT2D eigenvalue weighted by atomic mass is 11.7. The zero-order valence-electron chi connectivity index (χ0n) is 3.10. The van der Waals surface area contributed by atoms with Crippen LogP contribution in [0.15, 0.2) is 0 Å². The summed E-state index contributed by atoms with van der Waals surface area (Å²) in [5.74, 6) is 0. The Kier molecular flexibility index (Phi) is 1.62. The third-order valence-corrected chi connectivity index (χ3v) is 0.378. The molecule has 0 aliphatic rings. The first-order valence-corrected chi connectivity index (χ1v) is 1.89. The maximum absolute atomic E-state index is 10.9. The Morgan fingerprint density at radius 1 is 2.40 bits per heavy atom. The van der Waals surface area contributed by atoms with Gasteiger partial charge < -0.3 is 5.11 Å². The summed E-state index contributed by atoms with van der Waals surface area (Å²) in [6, 6.07) is 0. The molecule has 0 saturated carbocycles. The summed E-state index contributed by atoms with van der Waals surface area (Å²) >= 11 is 3.78. The number of hydrogen-bond donors (Lipinski definition) is 1. The maximum atomic E-state index is 10.9. The van der Waals surface area contributed by atoms with E-state index in [2.05, 4.69) is 17.3 Å². The Morgan fingerprint density at radius 3 is 3.00 bits per heavy atom. The molecule has 0 rings (SSSR count). The Balaban J connectivity index is 2.99. The van der Waals surface area contributed by atoms with Gasteiger partial charge in [0.25, 0.3) is 5.81 Å². The number of aliphatic hydroxyl groups excluding tert-OH is 1. The fourth-order valence-corrected chi connectivity index (χ4v) is 0. The van der Waals surface area contributed by atoms with Crippen LogP contribution in [0, 0.1) is 0 Å². The summed E-state index contributed by atoms with van der Waals surface area (Å²) in [5, 5.41) is 3.47. The molecular weight excluding hydrogens is 111 g/mol. The molecule has 0 unspecified atom stereocenters. The lowest BCUT2D eigenvalue weighted by Crippen LogP contribution is -1.72. The van der Waals surface area contributed by atoms with Gasteiger partial charge in [-0.1, -0.05) is 0 Å². The second-order valence-corrected chi connectivity index (χ2v) is 1.48. The Bertz CT molecular complexity index is 51.5. The molecule has 1 N–H and O–H groups in total. The Labute approximate surface area is 40.0 Å². The summed E-state index contributed by atoms with van der Waals surface area (Å²) in [4.78, 5) is 0. The van der Waals surface area contributed by atoms with E-state index in [1.165, 1.54) is 0 Å². The van der Waals surface area contributed by atoms with Crippen molar-refractivity contribution in [3.05, 3.63) is 0 Å². The SMILES string of the molecule is [2H]OC(=S)SF. The summed E-state index contributed by atoms with van der Waals surface area (Å²) in [6.07, 6.45) is 0. The lowest BCUT2D eigenvalue weighted by Gasteiger charge is -1.71. The fourth-order valence-electron chi connectivity index (χ4n) is 0. The van der Waals surface area contributed by atoms with Crippen LogP contribution < -0.4 is 0 Å². The van der Waals surface area contributed by atoms with Crippen molar-refractivity contribution in [2.45, 2.75) is 0 Å². The summed E-state index contributed by atoms with van der Waals surface area (Å²) < 4.78 is 16.4. The van der Waals surface area contributed by atoms with Crippen LogP contribution in [0.3, 0.4) is 0 Å². The van der Waals surface area contributed by atoms with Gasteiger partial charge in [0, 0.05) is 0 Å². The van der Waals surface area contributed by atoms with Crippen molar-refractivity contribution in [1.82, 2.24) is 0 Å². The molecule has 0 spiro atoms. The normalized spacial score (nSPS) is 9.40. The minimum absolute atomic E-state index is 0.253. The average molecular weight is 113 g/mol. The van der Waals surface area contributed by atoms with Gasteiger partial charge >= 0.3 is 0 Å². The van der Waals surface area contributed by atoms with E-state index in [-0.39, 0.29) is 12.1 Å². The molecule has 0 aliphatic carbocycles. The molecule has 0 fully saturated rings. The molecule has 5 heavy (non-hydrogen) atoms. The predicted molar refractivity (Wildman–Crippen MR) is 23.9 cm³/mol. The molecule has 4 heteroatoms. The topological polar surface area (TPSA) is 20.2 Å². The largest absolute Gasteiger partial charge is 0.492 e. The van der Waals surface area contributed by atoms with Crippen molar-refractivity contribution in [1.29, 1.82) is 1.43 Å². The molecule has 0 aromatic heterocycles. The van der Waals surface area contributed by atoms with Crippen molar-refractivity contribution in [2.75, 3.05) is 0 Å². The Hall–Kier alpha value is 0.170. The van der Waals surface area contributed by atoms with E-state index in [9.17, 15) is 3.89 Å². The maximum Gasteiger partial charge on any atom is 0.295 e. The average Bonchev–Trinajstić information content (AvgIpc) is 1.65. The highest BCUT2D eigenvalue weighted by Crippen LogP contribution is 1.98. The molecule has 0 saturated heterocycles. The van der Waals surface area contributed by atoms with Gasteiger partial charge in [-0.05, 0) is 12.2 Å². The van der Waals surface area contributed by atoms with Crippen molar-refractivity contribution in [3.8, 4) is 0 Å². The third kappa shape index (κ3) is 4.17. The van der Waals surface area contributed by atoms with Crippen molar-refractivity contribution in [2.24, 2.45) is 0 Å². The van der Waals surface area contributed by atoms with Crippen LogP contribution in [0.5, 0.6) is 0 Å². The summed E-state index contributed by atoms with van der Waals surface area (Å²) in [5.41, 5.74) is 0. The lowest BCUT2D eigenvalue weighted by molar-refractivity contribution is 0.583. The first-order valence-electron chi connectivity index (χ1n) is 1.17. The van der Waals surface area contributed by atoms with Gasteiger partial charge in [0.1, 0.15) is 12.1 Å². The molecule has 0 heterocycles. The molecule has 0 aromatic rings. The Morgan fingerprint density at radius 2 is 3.00 bits per heavy atom. The molecule has 0 amide bonds. The van der Waals surface area contributed by atoms with Gasteiger partial charge in [-0.25, -0.2) is 0 Å². The number of hydrogen-bond acceptors (Lipinski definition) is 3. The quantitative estimate of drug-likeness (QED) is 0.480. The van der Waals surface area contributed by atoms with E-state index in [4.69, 9.17) is 1.43 Å². The molecule has 0 bridgehead atoms. The number of aliphatic hydroxyl groups is 1. The second-order valence-electron chi connectivity index (χ2n) is 0.327. The van der Waals surface area contributed by atoms with E-state index >= 15 is 0 Å². The van der Waals surface area contributed by atoms with Crippen molar-refractivity contribution in [3.63, 3.8) is 0 Å². The van der Waals surface area contributed by atoms with E-state index in [1.54, 1.807) is 0 Å². The van der Waals surface area contributed by atoms with Crippen LogP contribution in [0.1, 0.15) is 0 Å². The summed E-state index contributed by atoms with van der Waals surface area (Å²) in [7, 11) is 0. The van der Waals surface area contributed by atoms with Gasteiger partial charge in [-0.3, -0.25) is 0 Å². The zero-order valence-corrected chi connectivity index (χ0v) is 3.74. The molecule has 30 valence electrons. The van der Waals surface area contributed by atoms with Gasteiger partial charge in [0.05, 0.1) is 0 Å². The second kappa shape index (κ2) is 2.41. The molecular formula is CHFOS2. The summed E-state index contributed by atoms with van der Waals surface area (Å²) in [6.45, 7) is 0. The van der Waals surface area contributed by atoms with Gasteiger partial charge in [0.15, 0.2) is 0 Å². The minimum Gasteiger partial charge on any atom is -0.492 e. The first kappa shape index (κ1) is 3.36.